The zero-order valence-corrected chi connectivity index (χ0v) is 15.5. The SMILES string of the molecule is COc1ccc(N[C@@H](C#Cc2ccc(Br)cc2)c2ccccc2)cc1. The minimum Gasteiger partial charge on any atom is -0.497 e. The van der Waals surface area contributed by atoms with E-state index in [4.69, 9.17) is 4.74 Å². The van der Waals surface area contributed by atoms with Crippen LogP contribution in [0.25, 0.3) is 0 Å². The number of hydrogen-bond donors (Lipinski definition) is 1. The Morgan fingerprint density at radius 3 is 2.20 bits per heavy atom. The van der Waals surface area contributed by atoms with Crippen molar-refractivity contribution in [1.82, 2.24) is 0 Å². The summed E-state index contributed by atoms with van der Waals surface area (Å²) < 4.78 is 6.26. The second-order valence-corrected chi connectivity index (χ2v) is 6.41. The summed E-state index contributed by atoms with van der Waals surface area (Å²) in [5.41, 5.74) is 3.11. The summed E-state index contributed by atoms with van der Waals surface area (Å²) in [6, 6.07) is 26.0. The van der Waals surface area contributed by atoms with Crippen molar-refractivity contribution in [2.75, 3.05) is 12.4 Å². The Morgan fingerprint density at radius 1 is 0.880 bits per heavy atom. The van der Waals surface area contributed by atoms with Gasteiger partial charge in [-0.2, -0.15) is 0 Å². The summed E-state index contributed by atoms with van der Waals surface area (Å²) in [5.74, 6) is 7.43. The van der Waals surface area contributed by atoms with Gasteiger partial charge in [-0.25, -0.2) is 0 Å². The molecular formula is C22H18BrNO. The highest BCUT2D eigenvalue weighted by Crippen LogP contribution is 2.21. The monoisotopic (exact) mass is 391 g/mol. The number of anilines is 1. The Bertz CT molecular complexity index is 862. The fraction of sp³-hybridized carbons (Fsp3) is 0.0909. The summed E-state index contributed by atoms with van der Waals surface area (Å²) in [6.07, 6.45) is 0. The molecule has 3 rings (SSSR count). The van der Waals surface area contributed by atoms with Crippen LogP contribution in [0.2, 0.25) is 0 Å². The molecule has 0 aliphatic heterocycles. The van der Waals surface area contributed by atoms with Gasteiger partial charge < -0.3 is 10.1 Å². The first-order valence-electron chi connectivity index (χ1n) is 7.97. The van der Waals surface area contributed by atoms with Crippen LogP contribution in [0.5, 0.6) is 5.75 Å². The predicted octanol–water partition coefficient (Wildman–Crippen LogP) is 5.66. The van der Waals surface area contributed by atoms with E-state index in [-0.39, 0.29) is 6.04 Å². The highest BCUT2D eigenvalue weighted by Gasteiger charge is 2.08. The Balaban J connectivity index is 1.86. The summed E-state index contributed by atoms with van der Waals surface area (Å²) in [4.78, 5) is 0. The average molecular weight is 392 g/mol. The minimum atomic E-state index is -0.0989. The van der Waals surface area contributed by atoms with Crippen LogP contribution in [0.1, 0.15) is 17.2 Å². The van der Waals surface area contributed by atoms with Crippen LogP contribution in [-0.4, -0.2) is 7.11 Å². The molecular weight excluding hydrogens is 374 g/mol. The molecule has 0 aromatic heterocycles. The molecule has 0 aliphatic rings. The molecule has 25 heavy (non-hydrogen) atoms. The molecule has 3 aromatic rings. The molecule has 0 amide bonds. The standard InChI is InChI=1S/C22H18BrNO/c1-25-21-14-12-20(13-15-21)24-22(18-5-3-2-4-6-18)16-9-17-7-10-19(23)11-8-17/h2-8,10-15,22,24H,1H3/t22-/m0/s1. The van der Waals surface area contributed by atoms with Gasteiger partial charge in [0.1, 0.15) is 11.8 Å². The van der Waals surface area contributed by atoms with Gasteiger partial charge in [-0.1, -0.05) is 58.1 Å². The van der Waals surface area contributed by atoms with Gasteiger partial charge in [0.2, 0.25) is 0 Å². The average Bonchev–Trinajstić information content (AvgIpc) is 2.67. The fourth-order valence-corrected chi connectivity index (χ4v) is 2.66. The maximum Gasteiger partial charge on any atom is 0.119 e. The van der Waals surface area contributed by atoms with E-state index < -0.39 is 0 Å². The van der Waals surface area contributed by atoms with Gasteiger partial charge in [-0.15, -0.1) is 0 Å². The Labute approximate surface area is 157 Å². The van der Waals surface area contributed by atoms with Gasteiger partial charge in [-0.3, -0.25) is 0 Å². The topological polar surface area (TPSA) is 21.3 Å². The molecule has 0 unspecified atom stereocenters. The van der Waals surface area contributed by atoms with Gasteiger partial charge in [0, 0.05) is 15.7 Å². The van der Waals surface area contributed by atoms with Crippen molar-refractivity contribution >= 4 is 21.6 Å². The summed E-state index contributed by atoms with van der Waals surface area (Å²) in [7, 11) is 1.67. The lowest BCUT2D eigenvalue weighted by Gasteiger charge is -2.15. The first-order valence-corrected chi connectivity index (χ1v) is 8.76. The van der Waals surface area contributed by atoms with E-state index in [0.717, 1.165) is 27.0 Å². The molecule has 3 heteroatoms. The summed E-state index contributed by atoms with van der Waals surface area (Å²) >= 11 is 3.45. The maximum absolute atomic E-state index is 5.21. The zero-order valence-electron chi connectivity index (χ0n) is 13.9. The second kappa shape index (κ2) is 8.41. The van der Waals surface area contributed by atoms with E-state index in [1.54, 1.807) is 7.11 Å². The smallest absolute Gasteiger partial charge is 0.119 e. The zero-order chi connectivity index (χ0) is 17.5. The van der Waals surface area contributed by atoms with Crippen LogP contribution in [0.15, 0.2) is 83.3 Å². The molecule has 1 atom stereocenters. The number of halogens is 1. The Hall–Kier alpha value is -2.70. The third kappa shape index (κ3) is 4.89. The van der Waals surface area contributed by atoms with Crippen molar-refractivity contribution in [3.8, 4) is 17.6 Å². The quantitative estimate of drug-likeness (QED) is 0.579. The van der Waals surface area contributed by atoms with E-state index in [2.05, 4.69) is 45.2 Å². The molecule has 0 radical (unpaired) electrons. The highest BCUT2D eigenvalue weighted by atomic mass is 79.9. The van der Waals surface area contributed by atoms with Crippen molar-refractivity contribution in [3.63, 3.8) is 0 Å². The van der Waals surface area contributed by atoms with Gasteiger partial charge in [-0.05, 0) is 54.1 Å². The van der Waals surface area contributed by atoms with E-state index in [1.807, 2.05) is 66.7 Å². The number of rotatable bonds is 4. The third-order valence-corrected chi connectivity index (χ3v) is 4.27. The summed E-state index contributed by atoms with van der Waals surface area (Å²) in [6.45, 7) is 0. The van der Waals surface area contributed by atoms with E-state index >= 15 is 0 Å². The van der Waals surface area contributed by atoms with Crippen molar-refractivity contribution < 1.29 is 4.74 Å². The first kappa shape index (κ1) is 17.1. The van der Waals surface area contributed by atoms with Crippen LogP contribution in [0.4, 0.5) is 5.69 Å². The molecule has 3 aromatic carbocycles. The Kier molecular flexibility index (Phi) is 5.77. The molecule has 0 saturated heterocycles. The van der Waals surface area contributed by atoms with Gasteiger partial charge >= 0.3 is 0 Å². The van der Waals surface area contributed by atoms with Crippen molar-refractivity contribution in [1.29, 1.82) is 0 Å². The van der Waals surface area contributed by atoms with Crippen molar-refractivity contribution in [2.45, 2.75) is 6.04 Å². The maximum atomic E-state index is 5.21. The molecule has 124 valence electrons. The normalized spacial score (nSPS) is 11.1. The molecule has 0 spiro atoms. The first-order chi connectivity index (χ1) is 12.2. The van der Waals surface area contributed by atoms with E-state index in [1.165, 1.54) is 0 Å². The molecule has 0 fully saturated rings. The van der Waals surface area contributed by atoms with Crippen LogP contribution >= 0.6 is 15.9 Å². The fourth-order valence-electron chi connectivity index (χ4n) is 2.39. The molecule has 2 nitrogen and oxygen atoms in total. The lowest BCUT2D eigenvalue weighted by molar-refractivity contribution is 0.415. The highest BCUT2D eigenvalue weighted by molar-refractivity contribution is 9.10. The number of nitrogens with one attached hydrogen (secondary N) is 1. The predicted molar refractivity (Wildman–Crippen MR) is 107 cm³/mol. The third-order valence-electron chi connectivity index (χ3n) is 3.74. The summed E-state index contributed by atoms with van der Waals surface area (Å²) in [5, 5.41) is 3.49. The van der Waals surface area contributed by atoms with Crippen LogP contribution in [0.3, 0.4) is 0 Å². The molecule has 0 aliphatic carbocycles. The van der Waals surface area contributed by atoms with Crippen molar-refractivity contribution in [2.24, 2.45) is 0 Å². The van der Waals surface area contributed by atoms with E-state index in [0.29, 0.717) is 0 Å². The van der Waals surface area contributed by atoms with Crippen LogP contribution in [-0.2, 0) is 0 Å². The van der Waals surface area contributed by atoms with Crippen LogP contribution in [0, 0.1) is 11.8 Å². The minimum absolute atomic E-state index is 0.0989. The van der Waals surface area contributed by atoms with E-state index in [9.17, 15) is 0 Å². The molecule has 0 heterocycles. The van der Waals surface area contributed by atoms with Gasteiger partial charge in [0.05, 0.1) is 7.11 Å². The molecule has 0 saturated carbocycles. The number of benzene rings is 3. The largest absolute Gasteiger partial charge is 0.497 e. The van der Waals surface area contributed by atoms with Crippen LogP contribution < -0.4 is 10.1 Å². The second-order valence-electron chi connectivity index (χ2n) is 5.49. The molecule has 1 N–H and O–H groups in total. The Morgan fingerprint density at radius 2 is 1.56 bits per heavy atom. The molecule has 0 bridgehead atoms. The van der Waals surface area contributed by atoms with Gasteiger partial charge in [0.25, 0.3) is 0 Å². The van der Waals surface area contributed by atoms with Crippen molar-refractivity contribution in [3.05, 3.63) is 94.5 Å². The number of hydrogen-bond acceptors (Lipinski definition) is 2. The van der Waals surface area contributed by atoms with Gasteiger partial charge in [0.15, 0.2) is 0 Å². The lowest BCUT2D eigenvalue weighted by Crippen LogP contribution is -2.08. The number of ether oxygens (including phenoxy) is 1. The lowest BCUT2D eigenvalue weighted by atomic mass is 10.1. The number of methoxy groups -OCH3 is 1.